The summed E-state index contributed by atoms with van der Waals surface area (Å²) in [6, 6.07) is 0. The monoisotopic (exact) mass is 358 g/mol. The predicted molar refractivity (Wildman–Crippen MR) is 92.8 cm³/mol. The second-order valence-electron chi connectivity index (χ2n) is 6.24. The second-order valence-corrected chi connectivity index (χ2v) is 6.24. The third kappa shape index (κ3) is 9.49. The number of carbonyl (C=O) groups excluding carboxylic acids is 1. The average Bonchev–Trinajstić information content (AvgIpc) is 2.54. The van der Waals surface area contributed by atoms with Gasteiger partial charge in [-0.05, 0) is 6.54 Å². The van der Waals surface area contributed by atoms with E-state index in [1.807, 2.05) is 21.6 Å². The SMILES string of the molecule is CCN1CCN(CC(=O)O)CCN(CC=O)CCN(CC(=O)O)CC1. The van der Waals surface area contributed by atoms with Gasteiger partial charge in [0.25, 0.3) is 0 Å². The fourth-order valence-corrected chi connectivity index (χ4v) is 2.88. The van der Waals surface area contributed by atoms with Gasteiger partial charge in [-0.1, -0.05) is 6.92 Å². The number of rotatable bonds is 7. The molecule has 1 heterocycles. The molecule has 0 atom stereocenters. The van der Waals surface area contributed by atoms with Crippen LogP contribution in [0.4, 0.5) is 0 Å². The van der Waals surface area contributed by atoms with Crippen LogP contribution in [0.5, 0.6) is 0 Å². The zero-order valence-electron chi connectivity index (χ0n) is 15.0. The quantitative estimate of drug-likeness (QED) is 0.531. The first kappa shape index (κ1) is 21.5. The summed E-state index contributed by atoms with van der Waals surface area (Å²) in [6.07, 6.45) is 0.827. The first-order valence-electron chi connectivity index (χ1n) is 8.71. The Morgan fingerprint density at radius 2 is 1.12 bits per heavy atom. The molecular formula is C16H30N4O5. The highest BCUT2D eigenvalue weighted by atomic mass is 16.4. The molecule has 0 aromatic rings. The minimum absolute atomic E-state index is 0.0162. The van der Waals surface area contributed by atoms with E-state index in [-0.39, 0.29) is 19.6 Å². The maximum atomic E-state index is 11.1. The van der Waals surface area contributed by atoms with E-state index in [0.717, 1.165) is 25.9 Å². The van der Waals surface area contributed by atoms with Gasteiger partial charge in [0.2, 0.25) is 0 Å². The molecule has 0 unspecified atom stereocenters. The molecule has 2 N–H and O–H groups in total. The van der Waals surface area contributed by atoms with Crippen LogP contribution in [0.25, 0.3) is 0 Å². The van der Waals surface area contributed by atoms with Crippen molar-refractivity contribution in [1.82, 2.24) is 19.6 Å². The molecule has 0 radical (unpaired) electrons. The van der Waals surface area contributed by atoms with Crippen molar-refractivity contribution >= 4 is 18.2 Å². The molecule has 1 aliphatic heterocycles. The van der Waals surface area contributed by atoms with Crippen LogP contribution in [0.3, 0.4) is 0 Å². The van der Waals surface area contributed by atoms with E-state index in [1.54, 1.807) is 0 Å². The molecule has 0 aromatic carbocycles. The molecule has 9 heteroatoms. The minimum Gasteiger partial charge on any atom is -0.480 e. The fraction of sp³-hybridized carbons (Fsp3) is 0.812. The first-order chi connectivity index (χ1) is 11.9. The van der Waals surface area contributed by atoms with Gasteiger partial charge in [-0.15, -0.1) is 0 Å². The molecule has 0 spiro atoms. The molecule has 0 saturated carbocycles. The van der Waals surface area contributed by atoms with Gasteiger partial charge >= 0.3 is 11.9 Å². The van der Waals surface area contributed by atoms with Crippen molar-refractivity contribution in [2.24, 2.45) is 0 Å². The van der Waals surface area contributed by atoms with Crippen molar-refractivity contribution in [3.8, 4) is 0 Å². The summed E-state index contributed by atoms with van der Waals surface area (Å²) < 4.78 is 0. The van der Waals surface area contributed by atoms with Crippen LogP contribution >= 0.6 is 0 Å². The van der Waals surface area contributed by atoms with E-state index >= 15 is 0 Å². The van der Waals surface area contributed by atoms with Crippen LogP contribution in [0.2, 0.25) is 0 Å². The molecule has 25 heavy (non-hydrogen) atoms. The Morgan fingerprint density at radius 3 is 1.44 bits per heavy atom. The molecule has 1 rings (SSSR count). The van der Waals surface area contributed by atoms with Crippen molar-refractivity contribution in [2.75, 3.05) is 78.5 Å². The van der Waals surface area contributed by atoms with Gasteiger partial charge in [0, 0.05) is 52.4 Å². The summed E-state index contributed by atoms with van der Waals surface area (Å²) in [4.78, 5) is 40.9. The van der Waals surface area contributed by atoms with Crippen LogP contribution in [0, 0.1) is 0 Å². The number of carbonyl (C=O) groups is 3. The summed E-state index contributed by atoms with van der Waals surface area (Å²) in [7, 11) is 0. The molecule has 0 aromatic heterocycles. The zero-order valence-corrected chi connectivity index (χ0v) is 15.0. The fourth-order valence-electron chi connectivity index (χ4n) is 2.88. The molecule has 0 amide bonds. The van der Waals surface area contributed by atoms with E-state index in [2.05, 4.69) is 4.90 Å². The highest BCUT2D eigenvalue weighted by Gasteiger charge is 2.18. The third-order valence-corrected chi connectivity index (χ3v) is 4.43. The standard InChI is InChI=1S/C16H30N4O5/c1-2-17-3-7-19(13-15(22)23)9-5-18(11-12-21)6-10-20(8-4-17)14-16(24)25/h12H,2-11,13-14H2,1H3,(H,22,23)(H,24,25). The molecule has 1 aliphatic rings. The second kappa shape index (κ2) is 11.9. The lowest BCUT2D eigenvalue weighted by molar-refractivity contribution is -0.139. The first-order valence-corrected chi connectivity index (χ1v) is 8.71. The van der Waals surface area contributed by atoms with Crippen LogP contribution < -0.4 is 0 Å². The molecule has 144 valence electrons. The van der Waals surface area contributed by atoms with Gasteiger partial charge in [-0.25, -0.2) is 0 Å². The van der Waals surface area contributed by atoms with Crippen molar-refractivity contribution in [2.45, 2.75) is 6.92 Å². The Labute approximate surface area is 148 Å². The van der Waals surface area contributed by atoms with Crippen molar-refractivity contribution in [3.05, 3.63) is 0 Å². The predicted octanol–water partition coefficient (Wildman–Crippen LogP) is -1.40. The Bertz CT molecular complexity index is 403. The summed E-state index contributed by atoms with van der Waals surface area (Å²) in [6.45, 7) is 8.14. The van der Waals surface area contributed by atoms with Gasteiger partial charge in [-0.2, -0.15) is 0 Å². The normalized spacial score (nSPS) is 20.5. The van der Waals surface area contributed by atoms with Gasteiger partial charge in [0.15, 0.2) is 0 Å². The van der Waals surface area contributed by atoms with Crippen molar-refractivity contribution < 1.29 is 24.6 Å². The Balaban J connectivity index is 2.77. The van der Waals surface area contributed by atoms with Crippen molar-refractivity contribution in [3.63, 3.8) is 0 Å². The zero-order chi connectivity index (χ0) is 18.7. The lowest BCUT2D eigenvalue weighted by atomic mass is 10.3. The van der Waals surface area contributed by atoms with Crippen LogP contribution in [-0.4, -0.2) is 127 Å². The van der Waals surface area contributed by atoms with Gasteiger partial charge in [-0.3, -0.25) is 24.3 Å². The lowest BCUT2D eigenvalue weighted by Gasteiger charge is -2.32. The van der Waals surface area contributed by atoms with Crippen LogP contribution in [-0.2, 0) is 14.4 Å². The van der Waals surface area contributed by atoms with Gasteiger partial charge < -0.3 is 19.9 Å². The number of aldehydes is 1. The van der Waals surface area contributed by atoms with Gasteiger partial charge in [0.05, 0.1) is 19.6 Å². The molecule has 9 nitrogen and oxygen atoms in total. The molecule has 0 bridgehead atoms. The largest absolute Gasteiger partial charge is 0.480 e. The number of nitrogens with zero attached hydrogens (tertiary/aromatic N) is 4. The molecule has 1 saturated heterocycles. The highest BCUT2D eigenvalue weighted by Crippen LogP contribution is 2.00. The average molecular weight is 358 g/mol. The Kier molecular flexibility index (Phi) is 10.2. The van der Waals surface area contributed by atoms with E-state index in [9.17, 15) is 14.4 Å². The maximum absolute atomic E-state index is 11.1. The Hall–Kier alpha value is -1.55. The number of hydrogen-bond donors (Lipinski definition) is 2. The van der Waals surface area contributed by atoms with E-state index in [4.69, 9.17) is 10.2 Å². The number of aliphatic carboxylic acids is 2. The lowest BCUT2D eigenvalue weighted by Crippen LogP contribution is -2.47. The highest BCUT2D eigenvalue weighted by molar-refractivity contribution is 5.69. The topological polar surface area (TPSA) is 105 Å². The Morgan fingerprint density at radius 1 is 0.760 bits per heavy atom. The van der Waals surface area contributed by atoms with Gasteiger partial charge in [0.1, 0.15) is 6.29 Å². The number of likely N-dealkylation sites (N-methyl/N-ethyl adjacent to an activating group) is 1. The third-order valence-electron chi connectivity index (χ3n) is 4.43. The summed E-state index contributed by atoms with van der Waals surface area (Å²) in [5.74, 6) is -1.71. The summed E-state index contributed by atoms with van der Waals surface area (Å²) in [5, 5.41) is 18.2. The van der Waals surface area contributed by atoms with E-state index in [1.165, 1.54) is 0 Å². The summed E-state index contributed by atoms with van der Waals surface area (Å²) >= 11 is 0. The van der Waals surface area contributed by atoms with Crippen LogP contribution in [0.1, 0.15) is 6.92 Å². The smallest absolute Gasteiger partial charge is 0.317 e. The molecular weight excluding hydrogens is 328 g/mol. The maximum Gasteiger partial charge on any atom is 0.317 e. The number of carboxylic acids is 2. The van der Waals surface area contributed by atoms with Crippen molar-refractivity contribution in [1.29, 1.82) is 0 Å². The number of hydrogen-bond acceptors (Lipinski definition) is 7. The van der Waals surface area contributed by atoms with E-state index < -0.39 is 11.9 Å². The number of carboxylic acid groups (broad SMARTS) is 2. The van der Waals surface area contributed by atoms with E-state index in [0.29, 0.717) is 39.3 Å². The summed E-state index contributed by atoms with van der Waals surface area (Å²) in [5.41, 5.74) is 0. The molecule has 0 aliphatic carbocycles. The van der Waals surface area contributed by atoms with Crippen LogP contribution in [0.15, 0.2) is 0 Å². The molecule has 1 fully saturated rings. The minimum atomic E-state index is -0.857.